The summed E-state index contributed by atoms with van der Waals surface area (Å²) >= 11 is 0. The molecule has 4 heteroatoms. The number of nitrogens with zero attached hydrogens (tertiary/aromatic N) is 3. The van der Waals surface area contributed by atoms with Crippen molar-refractivity contribution in [1.29, 1.82) is 0 Å². The second kappa shape index (κ2) is 4.01. The number of nitrogens with one attached hydrogen (secondary N) is 1. The van der Waals surface area contributed by atoms with Crippen molar-refractivity contribution >= 4 is 5.82 Å². The monoisotopic (exact) mass is 218 g/mol. The number of likely N-dealkylation sites (tertiary alicyclic amines) is 1. The van der Waals surface area contributed by atoms with E-state index in [4.69, 9.17) is 0 Å². The third kappa shape index (κ3) is 1.78. The molecular weight excluding hydrogens is 200 g/mol. The van der Waals surface area contributed by atoms with Gasteiger partial charge in [-0.3, -0.25) is 9.88 Å². The zero-order chi connectivity index (χ0) is 11.0. The molecule has 16 heavy (non-hydrogen) atoms. The van der Waals surface area contributed by atoms with Crippen LogP contribution in [0.1, 0.15) is 25.0 Å². The van der Waals surface area contributed by atoms with Gasteiger partial charge in [0.05, 0.1) is 18.1 Å². The Morgan fingerprint density at radius 3 is 2.88 bits per heavy atom. The maximum Gasteiger partial charge on any atom is 0.144 e. The molecule has 1 aromatic rings. The number of anilines is 1. The summed E-state index contributed by atoms with van der Waals surface area (Å²) in [6.45, 7) is 2.23. The van der Waals surface area contributed by atoms with Crippen LogP contribution in [0.5, 0.6) is 0 Å². The van der Waals surface area contributed by atoms with Crippen molar-refractivity contribution in [3.8, 4) is 0 Å². The minimum Gasteiger partial charge on any atom is -0.372 e. The van der Waals surface area contributed by atoms with Gasteiger partial charge in [0, 0.05) is 26.2 Å². The molecule has 2 bridgehead atoms. The molecule has 2 unspecified atom stereocenters. The van der Waals surface area contributed by atoms with E-state index in [0.717, 1.165) is 30.0 Å². The van der Waals surface area contributed by atoms with Crippen molar-refractivity contribution in [2.24, 2.45) is 5.92 Å². The van der Waals surface area contributed by atoms with Gasteiger partial charge in [0.15, 0.2) is 0 Å². The van der Waals surface area contributed by atoms with Crippen molar-refractivity contribution in [1.82, 2.24) is 14.9 Å². The molecule has 1 aromatic heterocycles. The summed E-state index contributed by atoms with van der Waals surface area (Å²) < 4.78 is 0. The predicted molar refractivity (Wildman–Crippen MR) is 63.1 cm³/mol. The normalized spacial score (nSPS) is 28.6. The van der Waals surface area contributed by atoms with Crippen molar-refractivity contribution in [3.05, 3.63) is 18.1 Å². The highest BCUT2D eigenvalue weighted by Gasteiger charge is 2.37. The van der Waals surface area contributed by atoms with Gasteiger partial charge in [-0.05, 0) is 25.2 Å². The number of aromatic nitrogens is 2. The second-order valence-electron chi connectivity index (χ2n) is 4.91. The zero-order valence-electron chi connectivity index (χ0n) is 9.69. The molecular formula is C12H18N4. The molecule has 2 aliphatic rings. The van der Waals surface area contributed by atoms with Gasteiger partial charge >= 0.3 is 0 Å². The Morgan fingerprint density at radius 2 is 2.31 bits per heavy atom. The largest absolute Gasteiger partial charge is 0.372 e. The molecule has 2 atom stereocenters. The van der Waals surface area contributed by atoms with E-state index in [1.165, 1.54) is 25.8 Å². The Morgan fingerprint density at radius 1 is 1.38 bits per heavy atom. The predicted octanol–water partition coefficient (Wildman–Crippen LogP) is 1.50. The summed E-state index contributed by atoms with van der Waals surface area (Å²) in [5.74, 6) is 1.79. The van der Waals surface area contributed by atoms with Crippen molar-refractivity contribution < 1.29 is 0 Å². The van der Waals surface area contributed by atoms with Gasteiger partial charge < -0.3 is 5.32 Å². The molecule has 86 valence electrons. The SMILES string of the molecule is CNc1cnc(CN2CC3CCC2C3)cn1. The molecule has 0 spiro atoms. The van der Waals surface area contributed by atoms with E-state index in [1.807, 2.05) is 19.4 Å². The first kappa shape index (κ1) is 10.0. The highest BCUT2D eigenvalue weighted by Crippen LogP contribution is 2.37. The summed E-state index contributed by atoms with van der Waals surface area (Å²) in [5.41, 5.74) is 1.09. The van der Waals surface area contributed by atoms with E-state index in [0.29, 0.717) is 0 Å². The minimum absolute atomic E-state index is 0.816. The van der Waals surface area contributed by atoms with E-state index < -0.39 is 0 Å². The maximum atomic E-state index is 4.43. The highest BCUT2D eigenvalue weighted by atomic mass is 15.2. The molecule has 3 rings (SSSR count). The van der Waals surface area contributed by atoms with Gasteiger partial charge in [0.1, 0.15) is 5.82 Å². The maximum absolute atomic E-state index is 4.43. The number of hydrogen-bond donors (Lipinski definition) is 1. The van der Waals surface area contributed by atoms with E-state index in [-0.39, 0.29) is 0 Å². The number of rotatable bonds is 3. The van der Waals surface area contributed by atoms with E-state index >= 15 is 0 Å². The quantitative estimate of drug-likeness (QED) is 0.835. The van der Waals surface area contributed by atoms with Crippen molar-refractivity contribution in [2.45, 2.75) is 31.8 Å². The van der Waals surface area contributed by atoms with E-state index in [1.54, 1.807) is 0 Å². The number of hydrogen-bond acceptors (Lipinski definition) is 4. The average molecular weight is 218 g/mol. The van der Waals surface area contributed by atoms with Gasteiger partial charge in [-0.1, -0.05) is 0 Å². The van der Waals surface area contributed by atoms with Crippen molar-refractivity contribution in [2.75, 3.05) is 18.9 Å². The fraction of sp³-hybridized carbons (Fsp3) is 0.667. The average Bonchev–Trinajstić information content (AvgIpc) is 2.92. The first-order chi connectivity index (χ1) is 7.85. The van der Waals surface area contributed by atoms with Gasteiger partial charge in [0.2, 0.25) is 0 Å². The molecule has 1 aliphatic carbocycles. The Bertz CT molecular complexity index is 362. The van der Waals surface area contributed by atoms with Crippen molar-refractivity contribution in [3.63, 3.8) is 0 Å². The summed E-state index contributed by atoms with van der Waals surface area (Å²) in [4.78, 5) is 11.3. The van der Waals surface area contributed by atoms with Crippen LogP contribution >= 0.6 is 0 Å². The van der Waals surface area contributed by atoms with E-state index in [9.17, 15) is 0 Å². The molecule has 4 nitrogen and oxygen atoms in total. The standard InChI is InChI=1S/C12H18N4/c1-13-12-6-14-10(5-15-12)8-16-7-9-2-3-11(16)4-9/h5-6,9,11H,2-4,7-8H2,1H3,(H,13,15). The van der Waals surface area contributed by atoms with Crippen LogP contribution in [-0.4, -0.2) is 34.5 Å². The van der Waals surface area contributed by atoms with Crippen LogP contribution in [0.2, 0.25) is 0 Å². The van der Waals surface area contributed by atoms with Crippen LogP contribution < -0.4 is 5.32 Å². The van der Waals surface area contributed by atoms with Crippen LogP contribution in [-0.2, 0) is 6.54 Å². The smallest absolute Gasteiger partial charge is 0.144 e. The summed E-state index contributed by atoms with van der Waals surface area (Å²) in [6, 6.07) is 0.816. The molecule has 0 aromatic carbocycles. The summed E-state index contributed by atoms with van der Waals surface area (Å²) in [6.07, 6.45) is 7.92. The van der Waals surface area contributed by atoms with Crippen LogP contribution in [0.4, 0.5) is 5.82 Å². The number of piperidine rings is 1. The van der Waals surface area contributed by atoms with Gasteiger partial charge in [-0.25, -0.2) is 4.98 Å². The zero-order valence-corrected chi connectivity index (χ0v) is 9.69. The summed E-state index contributed by atoms with van der Waals surface area (Å²) in [5, 5.41) is 2.99. The van der Waals surface area contributed by atoms with Crippen LogP contribution in [0, 0.1) is 5.92 Å². The molecule has 2 heterocycles. The molecule has 0 amide bonds. The van der Waals surface area contributed by atoms with Crippen LogP contribution in [0.3, 0.4) is 0 Å². The Kier molecular flexibility index (Phi) is 2.52. The van der Waals surface area contributed by atoms with Crippen LogP contribution in [0.15, 0.2) is 12.4 Å². The highest BCUT2D eigenvalue weighted by molar-refractivity contribution is 5.29. The minimum atomic E-state index is 0.816. The molecule has 0 radical (unpaired) electrons. The fourth-order valence-corrected chi connectivity index (χ4v) is 2.99. The summed E-state index contributed by atoms with van der Waals surface area (Å²) in [7, 11) is 1.86. The Hall–Kier alpha value is -1.16. The molecule has 1 aliphatic heterocycles. The lowest BCUT2D eigenvalue weighted by Gasteiger charge is -2.26. The van der Waals surface area contributed by atoms with Gasteiger partial charge in [-0.15, -0.1) is 0 Å². The topological polar surface area (TPSA) is 41.1 Å². The molecule has 1 saturated carbocycles. The third-order valence-electron chi connectivity index (χ3n) is 3.85. The Balaban J connectivity index is 1.65. The molecule has 1 N–H and O–H groups in total. The fourth-order valence-electron chi connectivity index (χ4n) is 2.99. The first-order valence-corrected chi connectivity index (χ1v) is 6.08. The third-order valence-corrected chi connectivity index (χ3v) is 3.85. The lowest BCUT2D eigenvalue weighted by atomic mass is 10.1. The van der Waals surface area contributed by atoms with Crippen LogP contribution in [0.25, 0.3) is 0 Å². The molecule has 2 fully saturated rings. The lowest BCUT2D eigenvalue weighted by Crippen LogP contribution is -2.31. The van der Waals surface area contributed by atoms with Gasteiger partial charge in [0.25, 0.3) is 0 Å². The Labute approximate surface area is 96.1 Å². The van der Waals surface area contributed by atoms with Gasteiger partial charge in [-0.2, -0.15) is 0 Å². The molecule has 1 saturated heterocycles. The lowest BCUT2D eigenvalue weighted by molar-refractivity contribution is 0.203. The second-order valence-corrected chi connectivity index (χ2v) is 4.91. The number of fused-ring (bicyclic) bond motifs is 2. The first-order valence-electron chi connectivity index (χ1n) is 6.08. The van der Waals surface area contributed by atoms with E-state index in [2.05, 4.69) is 20.2 Å².